The van der Waals surface area contributed by atoms with Crippen molar-refractivity contribution in [1.82, 2.24) is 0 Å². The fourth-order valence-electron chi connectivity index (χ4n) is 1.47. The molecule has 0 aromatic rings. The van der Waals surface area contributed by atoms with Crippen molar-refractivity contribution < 1.29 is 9.47 Å². The maximum Gasteiger partial charge on any atom is 0.0561 e. The van der Waals surface area contributed by atoms with Crippen molar-refractivity contribution in [3.63, 3.8) is 0 Å². The number of hydrogen-bond acceptors (Lipinski definition) is 3. The van der Waals surface area contributed by atoms with Crippen molar-refractivity contribution in [3.05, 3.63) is 0 Å². The summed E-state index contributed by atoms with van der Waals surface area (Å²) in [7, 11) is 0. The van der Waals surface area contributed by atoms with Crippen molar-refractivity contribution in [2.75, 3.05) is 33.0 Å². The first kappa shape index (κ1) is 6.58. The van der Waals surface area contributed by atoms with Crippen molar-refractivity contribution in [2.24, 2.45) is 17.1 Å². The third-order valence-electron chi connectivity index (χ3n) is 2.69. The number of hydrogen-bond donors (Lipinski definition) is 1. The summed E-state index contributed by atoms with van der Waals surface area (Å²) in [5.41, 5.74) is 5.93. The highest BCUT2D eigenvalue weighted by Crippen LogP contribution is 2.38. The molecule has 0 amide bonds. The van der Waals surface area contributed by atoms with Gasteiger partial charge in [0.1, 0.15) is 0 Å². The topological polar surface area (TPSA) is 44.5 Å². The van der Waals surface area contributed by atoms with E-state index in [1.165, 1.54) is 0 Å². The Bertz CT molecular complexity index is 124. The Morgan fingerprint density at radius 1 is 1.30 bits per heavy atom. The highest BCUT2D eigenvalue weighted by atomic mass is 16.5. The molecular formula is C7H13NO2. The SMILES string of the molecule is NCC1(C2COC2)COC1. The van der Waals surface area contributed by atoms with E-state index in [4.69, 9.17) is 15.2 Å². The van der Waals surface area contributed by atoms with Gasteiger partial charge in [0, 0.05) is 17.9 Å². The molecule has 3 nitrogen and oxygen atoms in total. The van der Waals surface area contributed by atoms with Crippen LogP contribution < -0.4 is 5.73 Å². The number of nitrogens with two attached hydrogens (primary N) is 1. The van der Waals surface area contributed by atoms with E-state index in [0.717, 1.165) is 33.0 Å². The van der Waals surface area contributed by atoms with E-state index in [2.05, 4.69) is 0 Å². The summed E-state index contributed by atoms with van der Waals surface area (Å²) < 4.78 is 10.3. The van der Waals surface area contributed by atoms with Crippen molar-refractivity contribution in [1.29, 1.82) is 0 Å². The summed E-state index contributed by atoms with van der Waals surface area (Å²) in [6.45, 7) is 4.22. The maximum atomic E-state index is 5.64. The number of ether oxygens (including phenoxy) is 2. The molecule has 0 bridgehead atoms. The Balaban J connectivity index is 1.96. The zero-order valence-electron chi connectivity index (χ0n) is 6.01. The van der Waals surface area contributed by atoms with Crippen LogP contribution in [0, 0.1) is 11.3 Å². The molecule has 2 heterocycles. The lowest BCUT2D eigenvalue weighted by molar-refractivity contribution is -0.203. The molecule has 0 aliphatic carbocycles. The molecular weight excluding hydrogens is 130 g/mol. The van der Waals surface area contributed by atoms with E-state index in [0.29, 0.717) is 5.92 Å². The van der Waals surface area contributed by atoms with Gasteiger partial charge in [-0.15, -0.1) is 0 Å². The average Bonchev–Trinajstić information content (AvgIpc) is 1.73. The highest BCUT2D eigenvalue weighted by Gasteiger charge is 2.47. The zero-order valence-corrected chi connectivity index (χ0v) is 6.01. The Morgan fingerprint density at radius 2 is 2.00 bits per heavy atom. The molecule has 58 valence electrons. The van der Waals surface area contributed by atoms with E-state index in [9.17, 15) is 0 Å². The van der Waals surface area contributed by atoms with Gasteiger partial charge < -0.3 is 15.2 Å². The summed E-state index contributed by atoms with van der Waals surface area (Å²) in [4.78, 5) is 0. The Morgan fingerprint density at radius 3 is 2.10 bits per heavy atom. The van der Waals surface area contributed by atoms with Crippen LogP contribution in [0.5, 0.6) is 0 Å². The monoisotopic (exact) mass is 143 g/mol. The predicted molar refractivity (Wildman–Crippen MR) is 36.6 cm³/mol. The molecule has 2 aliphatic rings. The molecule has 0 spiro atoms. The van der Waals surface area contributed by atoms with Crippen LogP contribution in [-0.4, -0.2) is 33.0 Å². The smallest absolute Gasteiger partial charge is 0.0561 e. The summed E-state index contributed by atoms with van der Waals surface area (Å²) in [6, 6.07) is 0. The minimum Gasteiger partial charge on any atom is -0.381 e. The van der Waals surface area contributed by atoms with Gasteiger partial charge >= 0.3 is 0 Å². The maximum absolute atomic E-state index is 5.64. The third kappa shape index (κ3) is 0.713. The lowest BCUT2D eigenvalue weighted by atomic mass is 9.72. The zero-order chi connectivity index (χ0) is 7.03. The van der Waals surface area contributed by atoms with Gasteiger partial charge in [0.2, 0.25) is 0 Å². The van der Waals surface area contributed by atoms with Gasteiger partial charge in [-0.1, -0.05) is 0 Å². The van der Waals surface area contributed by atoms with Crippen LogP contribution in [0.1, 0.15) is 0 Å². The minimum absolute atomic E-state index is 0.290. The average molecular weight is 143 g/mol. The lowest BCUT2D eigenvalue weighted by Gasteiger charge is -2.49. The summed E-state index contributed by atoms with van der Waals surface area (Å²) in [5, 5.41) is 0. The van der Waals surface area contributed by atoms with E-state index in [-0.39, 0.29) is 5.41 Å². The van der Waals surface area contributed by atoms with Gasteiger partial charge in [0.15, 0.2) is 0 Å². The molecule has 3 heteroatoms. The third-order valence-corrected chi connectivity index (χ3v) is 2.69. The fraction of sp³-hybridized carbons (Fsp3) is 1.00. The molecule has 0 aromatic heterocycles. The summed E-state index contributed by atoms with van der Waals surface area (Å²) in [6.07, 6.45) is 0. The Labute approximate surface area is 60.5 Å². The van der Waals surface area contributed by atoms with Gasteiger partial charge in [-0.2, -0.15) is 0 Å². The molecule has 0 saturated carbocycles. The molecule has 2 N–H and O–H groups in total. The first-order valence-corrected chi connectivity index (χ1v) is 3.73. The van der Waals surface area contributed by atoms with Crippen LogP contribution in [0.4, 0.5) is 0 Å². The van der Waals surface area contributed by atoms with E-state index in [1.807, 2.05) is 0 Å². The Hall–Kier alpha value is -0.120. The van der Waals surface area contributed by atoms with Gasteiger partial charge in [0.05, 0.1) is 26.4 Å². The summed E-state index contributed by atoms with van der Waals surface area (Å²) >= 11 is 0. The molecule has 2 fully saturated rings. The lowest BCUT2D eigenvalue weighted by Crippen LogP contribution is -2.58. The first-order valence-electron chi connectivity index (χ1n) is 3.73. The molecule has 10 heavy (non-hydrogen) atoms. The van der Waals surface area contributed by atoms with Crippen molar-refractivity contribution >= 4 is 0 Å². The van der Waals surface area contributed by atoms with Gasteiger partial charge in [-0.05, 0) is 0 Å². The first-order chi connectivity index (χ1) is 4.87. The van der Waals surface area contributed by atoms with Crippen LogP contribution >= 0.6 is 0 Å². The molecule has 2 aliphatic heterocycles. The molecule has 0 unspecified atom stereocenters. The predicted octanol–water partition coefficient (Wildman–Crippen LogP) is -0.392. The van der Waals surface area contributed by atoms with Crippen LogP contribution in [-0.2, 0) is 9.47 Å². The largest absolute Gasteiger partial charge is 0.381 e. The van der Waals surface area contributed by atoms with Crippen molar-refractivity contribution in [2.45, 2.75) is 0 Å². The molecule has 0 atom stereocenters. The standard InChI is InChI=1S/C7H13NO2/c8-3-7(4-10-5-7)6-1-9-2-6/h6H,1-5,8H2. The second-order valence-corrected chi connectivity index (χ2v) is 3.29. The minimum atomic E-state index is 0.290. The number of rotatable bonds is 2. The van der Waals surface area contributed by atoms with E-state index in [1.54, 1.807) is 0 Å². The van der Waals surface area contributed by atoms with Crippen LogP contribution in [0.25, 0.3) is 0 Å². The molecule has 0 aromatic carbocycles. The Kier molecular flexibility index (Phi) is 1.44. The van der Waals surface area contributed by atoms with Crippen LogP contribution in [0.15, 0.2) is 0 Å². The second-order valence-electron chi connectivity index (χ2n) is 3.29. The summed E-state index contributed by atoms with van der Waals surface area (Å²) in [5.74, 6) is 0.672. The highest BCUT2D eigenvalue weighted by molar-refractivity contribution is 4.95. The normalized spacial score (nSPS) is 30.9. The van der Waals surface area contributed by atoms with Gasteiger partial charge in [-0.25, -0.2) is 0 Å². The van der Waals surface area contributed by atoms with Crippen LogP contribution in [0.2, 0.25) is 0 Å². The fourth-order valence-corrected chi connectivity index (χ4v) is 1.47. The van der Waals surface area contributed by atoms with E-state index >= 15 is 0 Å². The van der Waals surface area contributed by atoms with E-state index < -0.39 is 0 Å². The van der Waals surface area contributed by atoms with Gasteiger partial charge in [-0.3, -0.25) is 0 Å². The molecule has 2 rings (SSSR count). The van der Waals surface area contributed by atoms with Crippen molar-refractivity contribution in [3.8, 4) is 0 Å². The molecule has 0 radical (unpaired) electrons. The van der Waals surface area contributed by atoms with Crippen LogP contribution in [0.3, 0.4) is 0 Å². The quantitative estimate of drug-likeness (QED) is 0.572. The second kappa shape index (κ2) is 2.19. The van der Waals surface area contributed by atoms with Gasteiger partial charge in [0.25, 0.3) is 0 Å². The molecule has 2 saturated heterocycles.